The van der Waals surface area contributed by atoms with Crippen molar-refractivity contribution in [2.45, 2.75) is 19.4 Å². The zero-order chi connectivity index (χ0) is 15.4. The van der Waals surface area contributed by atoms with Crippen molar-refractivity contribution in [2.24, 2.45) is 5.92 Å². The molecule has 1 heterocycles. The van der Waals surface area contributed by atoms with Crippen LogP contribution in [0.15, 0.2) is 18.2 Å². The van der Waals surface area contributed by atoms with E-state index in [1.54, 1.807) is 12.1 Å². The predicted octanol–water partition coefficient (Wildman–Crippen LogP) is 1.87. The number of hydrogen-bond donors (Lipinski definition) is 1. The molecule has 0 saturated carbocycles. The predicted molar refractivity (Wildman–Crippen MR) is 82.5 cm³/mol. The molecule has 0 aromatic heterocycles. The van der Waals surface area contributed by atoms with Gasteiger partial charge >= 0.3 is 0 Å². The van der Waals surface area contributed by atoms with E-state index < -0.39 is 0 Å². The number of piperidine rings is 1. The number of nitro benzene ring substituents is 1. The van der Waals surface area contributed by atoms with Crippen LogP contribution < -0.4 is 4.90 Å². The van der Waals surface area contributed by atoms with E-state index in [9.17, 15) is 10.1 Å². The lowest BCUT2D eigenvalue weighted by atomic mass is 9.95. The molecule has 0 atom stereocenters. The van der Waals surface area contributed by atoms with Crippen molar-refractivity contribution in [1.82, 2.24) is 4.90 Å². The van der Waals surface area contributed by atoms with E-state index in [0.29, 0.717) is 17.2 Å². The lowest BCUT2D eigenvalue weighted by Gasteiger charge is -2.34. The van der Waals surface area contributed by atoms with Crippen LogP contribution in [-0.4, -0.2) is 48.7 Å². The third-order valence-electron chi connectivity index (χ3n) is 4.00. The van der Waals surface area contributed by atoms with E-state index in [-0.39, 0.29) is 17.2 Å². The standard InChI is InChI=1S/C15H23N3O3/c1-16(2)10-12-5-7-17(8-6-12)14-4-3-13(11-19)9-15(14)18(20)21/h3-4,9,12,19H,5-8,10-11H2,1-2H3. The zero-order valence-electron chi connectivity index (χ0n) is 12.7. The molecule has 0 aliphatic carbocycles. The fraction of sp³-hybridized carbons (Fsp3) is 0.600. The van der Waals surface area contributed by atoms with Crippen LogP contribution in [0.4, 0.5) is 11.4 Å². The maximum atomic E-state index is 11.2. The van der Waals surface area contributed by atoms with E-state index in [2.05, 4.69) is 23.9 Å². The van der Waals surface area contributed by atoms with Crippen LogP contribution in [0, 0.1) is 16.0 Å². The van der Waals surface area contributed by atoms with Gasteiger partial charge in [0.05, 0.1) is 11.5 Å². The Balaban J connectivity index is 2.11. The van der Waals surface area contributed by atoms with Gasteiger partial charge in [-0.2, -0.15) is 0 Å². The summed E-state index contributed by atoms with van der Waals surface area (Å²) >= 11 is 0. The molecule has 2 rings (SSSR count). The monoisotopic (exact) mass is 293 g/mol. The second kappa shape index (κ2) is 6.87. The summed E-state index contributed by atoms with van der Waals surface area (Å²) < 4.78 is 0. The molecule has 0 amide bonds. The lowest BCUT2D eigenvalue weighted by Crippen LogP contribution is -2.37. The summed E-state index contributed by atoms with van der Waals surface area (Å²) in [6, 6.07) is 4.99. The minimum Gasteiger partial charge on any atom is -0.392 e. The molecule has 1 N–H and O–H groups in total. The molecule has 0 spiro atoms. The van der Waals surface area contributed by atoms with Crippen molar-refractivity contribution in [3.63, 3.8) is 0 Å². The number of benzene rings is 1. The second-order valence-electron chi connectivity index (χ2n) is 5.93. The fourth-order valence-corrected chi connectivity index (χ4v) is 2.95. The van der Waals surface area contributed by atoms with E-state index in [4.69, 9.17) is 5.11 Å². The number of anilines is 1. The van der Waals surface area contributed by atoms with Crippen molar-refractivity contribution in [3.05, 3.63) is 33.9 Å². The fourth-order valence-electron chi connectivity index (χ4n) is 2.95. The first-order valence-corrected chi connectivity index (χ1v) is 7.29. The number of hydrogen-bond acceptors (Lipinski definition) is 5. The van der Waals surface area contributed by atoms with Crippen molar-refractivity contribution in [1.29, 1.82) is 0 Å². The number of aliphatic hydroxyl groups excluding tert-OH is 1. The smallest absolute Gasteiger partial charge is 0.292 e. The molecular weight excluding hydrogens is 270 g/mol. The summed E-state index contributed by atoms with van der Waals surface area (Å²) in [5, 5.41) is 20.4. The summed E-state index contributed by atoms with van der Waals surface area (Å²) in [5.74, 6) is 0.659. The third-order valence-corrected chi connectivity index (χ3v) is 4.00. The lowest BCUT2D eigenvalue weighted by molar-refractivity contribution is -0.384. The Morgan fingerprint density at radius 2 is 2.05 bits per heavy atom. The van der Waals surface area contributed by atoms with Crippen LogP contribution in [0.3, 0.4) is 0 Å². The molecule has 116 valence electrons. The van der Waals surface area contributed by atoms with Gasteiger partial charge in [0.2, 0.25) is 0 Å². The summed E-state index contributed by atoms with van der Waals surface area (Å²) in [5.41, 5.74) is 1.33. The van der Waals surface area contributed by atoms with E-state index in [1.807, 2.05) is 0 Å². The van der Waals surface area contributed by atoms with E-state index in [0.717, 1.165) is 32.5 Å². The average Bonchev–Trinajstić information content (AvgIpc) is 2.47. The maximum absolute atomic E-state index is 11.2. The molecule has 1 fully saturated rings. The van der Waals surface area contributed by atoms with Gasteiger partial charge in [-0.1, -0.05) is 6.07 Å². The number of aliphatic hydroxyl groups is 1. The van der Waals surface area contributed by atoms with Crippen LogP contribution in [0.2, 0.25) is 0 Å². The second-order valence-corrected chi connectivity index (χ2v) is 5.93. The molecule has 1 aliphatic heterocycles. The Morgan fingerprint density at radius 3 is 2.57 bits per heavy atom. The van der Waals surface area contributed by atoms with Gasteiger partial charge in [-0.25, -0.2) is 0 Å². The summed E-state index contributed by atoms with van der Waals surface area (Å²) in [6.45, 7) is 2.58. The molecule has 1 aromatic carbocycles. The highest BCUT2D eigenvalue weighted by Crippen LogP contribution is 2.32. The van der Waals surface area contributed by atoms with E-state index in [1.165, 1.54) is 6.07 Å². The Hall–Kier alpha value is -1.66. The molecule has 0 bridgehead atoms. The van der Waals surface area contributed by atoms with Crippen LogP contribution >= 0.6 is 0 Å². The van der Waals surface area contributed by atoms with Crippen molar-refractivity contribution < 1.29 is 10.0 Å². The van der Waals surface area contributed by atoms with Crippen molar-refractivity contribution >= 4 is 11.4 Å². The SMILES string of the molecule is CN(C)CC1CCN(c2ccc(CO)cc2[N+](=O)[O-])CC1. The summed E-state index contributed by atoms with van der Waals surface area (Å²) in [7, 11) is 4.15. The highest BCUT2D eigenvalue weighted by molar-refractivity contribution is 5.64. The van der Waals surface area contributed by atoms with Gasteiger partial charge in [0.15, 0.2) is 0 Å². The van der Waals surface area contributed by atoms with Gasteiger partial charge in [-0.3, -0.25) is 10.1 Å². The Morgan fingerprint density at radius 1 is 1.38 bits per heavy atom. The molecule has 1 aliphatic rings. The van der Waals surface area contributed by atoms with Crippen LogP contribution in [0.25, 0.3) is 0 Å². The topological polar surface area (TPSA) is 69.8 Å². The molecular formula is C15H23N3O3. The highest BCUT2D eigenvalue weighted by Gasteiger charge is 2.25. The van der Waals surface area contributed by atoms with Crippen LogP contribution in [-0.2, 0) is 6.61 Å². The molecule has 1 aromatic rings. The van der Waals surface area contributed by atoms with Gasteiger partial charge in [0.1, 0.15) is 5.69 Å². The maximum Gasteiger partial charge on any atom is 0.292 e. The van der Waals surface area contributed by atoms with Gasteiger partial charge in [0, 0.05) is 25.7 Å². The minimum atomic E-state index is -0.361. The number of nitrogens with zero attached hydrogens (tertiary/aromatic N) is 3. The Kier molecular flexibility index (Phi) is 5.14. The van der Waals surface area contributed by atoms with Gasteiger partial charge in [-0.15, -0.1) is 0 Å². The normalized spacial score (nSPS) is 16.5. The molecule has 6 heteroatoms. The zero-order valence-corrected chi connectivity index (χ0v) is 12.7. The first kappa shape index (κ1) is 15.7. The number of nitro groups is 1. The largest absolute Gasteiger partial charge is 0.392 e. The average molecular weight is 293 g/mol. The van der Waals surface area contributed by atoms with Gasteiger partial charge < -0.3 is 14.9 Å². The first-order chi connectivity index (χ1) is 10.0. The van der Waals surface area contributed by atoms with Crippen molar-refractivity contribution in [3.8, 4) is 0 Å². The highest BCUT2D eigenvalue weighted by atomic mass is 16.6. The van der Waals surface area contributed by atoms with E-state index >= 15 is 0 Å². The molecule has 0 radical (unpaired) electrons. The first-order valence-electron chi connectivity index (χ1n) is 7.29. The third kappa shape index (κ3) is 3.92. The molecule has 0 unspecified atom stereocenters. The van der Waals surface area contributed by atoms with Crippen LogP contribution in [0.1, 0.15) is 18.4 Å². The Labute approximate surface area is 125 Å². The van der Waals surface area contributed by atoms with Crippen LogP contribution in [0.5, 0.6) is 0 Å². The molecule has 21 heavy (non-hydrogen) atoms. The minimum absolute atomic E-state index is 0.0904. The van der Waals surface area contributed by atoms with Gasteiger partial charge in [0.25, 0.3) is 5.69 Å². The quantitative estimate of drug-likeness (QED) is 0.663. The molecule has 1 saturated heterocycles. The van der Waals surface area contributed by atoms with Gasteiger partial charge in [-0.05, 0) is 44.5 Å². The van der Waals surface area contributed by atoms with Crippen molar-refractivity contribution in [2.75, 3.05) is 38.6 Å². The Bertz CT molecular complexity index is 497. The summed E-state index contributed by atoms with van der Waals surface area (Å²) in [4.78, 5) is 15.2. The number of rotatable bonds is 5. The molecule has 6 nitrogen and oxygen atoms in total. The summed E-state index contributed by atoms with van der Waals surface area (Å²) in [6.07, 6.45) is 2.11.